The fourth-order valence-electron chi connectivity index (χ4n) is 2.21. The van der Waals surface area contributed by atoms with Crippen molar-refractivity contribution in [3.63, 3.8) is 0 Å². The third-order valence-electron chi connectivity index (χ3n) is 3.26. The molecule has 16 heavy (non-hydrogen) atoms. The van der Waals surface area contributed by atoms with Gasteiger partial charge in [0.25, 0.3) is 0 Å². The van der Waals surface area contributed by atoms with Gasteiger partial charge < -0.3 is 15.3 Å². The van der Waals surface area contributed by atoms with Crippen molar-refractivity contribution in [1.29, 1.82) is 0 Å². The minimum atomic E-state index is -0.0268. The highest BCUT2D eigenvalue weighted by Gasteiger charge is 2.33. The average Bonchev–Trinajstić information content (AvgIpc) is 2.64. The zero-order valence-electron chi connectivity index (χ0n) is 10.6. The standard InChI is InChI=1S/C12H24N2O2/c1-9(2)14(7-4-8-15)12(16)11-10(3)5-6-13-11/h9-11,13,15H,4-8H2,1-3H3. The Morgan fingerprint density at radius 1 is 1.56 bits per heavy atom. The first-order chi connectivity index (χ1) is 7.57. The minimum Gasteiger partial charge on any atom is -0.396 e. The summed E-state index contributed by atoms with van der Waals surface area (Å²) in [6.45, 7) is 7.89. The first kappa shape index (κ1) is 13.5. The molecule has 0 radical (unpaired) electrons. The van der Waals surface area contributed by atoms with Crippen LogP contribution in [0.4, 0.5) is 0 Å². The molecule has 0 aromatic heterocycles. The van der Waals surface area contributed by atoms with Gasteiger partial charge in [-0.2, -0.15) is 0 Å². The Kier molecular flexibility index (Phi) is 5.22. The Morgan fingerprint density at radius 3 is 2.69 bits per heavy atom. The molecule has 1 aliphatic heterocycles. The molecule has 0 saturated carbocycles. The summed E-state index contributed by atoms with van der Waals surface area (Å²) >= 11 is 0. The molecule has 1 heterocycles. The molecule has 1 amide bonds. The molecule has 94 valence electrons. The maximum Gasteiger partial charge on any atom is 0.240 e. The lowest BCUT2D eigenvalue weighted by Crippen LogP contribution is -2.49. The molecule has 2 N–H and O–H groups in total. The number of hydrogen-bond acceptors (Lipinski definition) is 3. The number of hydrogen-bond donors (Lipinski definition) is 2. The van der Waals surface area contributed by atoms with E-state index in [0.29, 0.717) is 18.9 Å². The fraction of sp³-hybridized carbons (Fsp3) is 0.917. The third-order valence-corrected chi connectivity index (χ3v) is 3.26. The monoisotopic (exact) mass is 228 g/mol. The van der Waals surface area contributed by atoms with Crippen LogP contribution in [0.25, 0.3) is 0 Å². The molecule has 1 fully saturated rings. The molecule has 4 nitrogen and oxygen atoms in total. The predicted molar refractivity (Wildman–Crippen MR) is 64.1 cm³/mol. The largest absolute Gasteiger partial charge is 0.396 e. The van der Waals surface area contributed by atoms with Gasteiger partial charge in [-0.3, -0.25) is 4.79 Å². The van der Waals surface area contributed by atoms with Crippen LogP contribution in [0.2, 0.25) is 0 Å². The van der Waals surface area contributed by atoms with E-state index in [1.54, 1.807) is 0 Å². The highest BCUT2D eigenvalue weighted by atomic mass is 16.3. The smallest absolute Gasteiger partial charge is 0.240 e. The molecule has 0 aromatic carbocycles. The summed E-state index contributed by atoms with van der Waals surface area (Å²) in [7, 11) is 0. The summed E-state index contributed by atoms with van der Waals surface area (Å²) in [5.74, 6) is 0.608. The average molecular weight is 228 g/mol. The molecular formula is C12H24N2O2. The van der Waals surface area contributed by atoms with Gasteiger partial charge in [-0.15, -0.1) is 0 Å². The lowest BCUT2D eigenvalue weighted by Gasteiger charge is -2.30. The van der Waals surface area contributed by atoms with Crippen LogP contribution in [0.5, 0.6) is 0 Å². The van der Waals surface area contributed by atoms with Crippen LogP contribution in [-0.4, -0.2) is 47.7 Å². The van der Waals surface area contributed by atoms with Gasteiger partial charge in [-0.05, 0) is 39.2 Å². The van der Waals surface area contributed by atoms with Crippen molar-refractivity contribution in [2.75, 3.05) is 19.7 Å². The number of aliphatic hydroxyl groups is 1. The molecule has 1 rings (SSSR count). The number of rotatable bonds is 5. The summed E-state index contributed by atoms with van der Waals surface area (Å²) in [4.78, 5) is 14.2. The highest BCUT2D eigenvalue weighted by molar-refractivity contribution is 5.82. The van der Waals surface area contributed by atoms with Crippen molar-refractivity contribution < 1.29 is 9.90 Å². The number of nitrogens with zero attached hydrogens (tertiary/aromatic N) is 1. The van der Waals surface area contributed by atoms with Gasteiger partial charge >= 0.3 is 0 Å². The quantitative estimate of drug-likeness (QED) is 0.724. The third kappa shape index (κ3) is 3.19. The number of aliphatic hydroxyl groups excluding tert-OH is 1. The van der Waals surface area contributed by atoms with E-state index in [2.05, 4.69) is 12.2 Å². The topological polar surface area (TPSA) is 52.6 Å². The van der Waals surface area contributed by atoms with Gasteiger partial charge in [-0.25, -0.2) is 0 Å². The molecule has 1 aliphatic rings. The van der Waals surface area contributed by atoms with Crippen molar-refractivity contribution in [2.24, 2.45) is 5.92 Å². The van der Waals surface area contributed by atoms with Crippen LogP contribution < -0.4 is 5.32 Å². The fourth-order valence-corrected chi connectivity index (χ4v) is 2.21. The normalized spacial score (nSPS) is 25.1. The summed E-state index contributed by atoms with van der Waals surface area (Å²) in [5, 5.41) is 12.1. The Bertz CT molecular complexity index is 231. The summed E-state index contributed by atoms with van der Waals surface area (Å²) in [6.07, 6.45) is 1.73. The van der Waals surface area contributed by atoms with Crippen LogP contribution in [0.3, 0.4) is 0 Å². The van der Waals surface area contributed by atoms with Gasteiger partial charge in [0.05, 0.1) is 6.04 Å². The Hall–Kier alpha value is -0.610. The summed E-state index contributed by atoms with van der Waals surface area (Å²) in [5.41, 5.74) is 0. The zero-order valence-corrected chi connectivity index (χ0v) is 10.6. The first-order valence-corrected chi connectivity index (χ1v) is 6.22. The van der Waals surface area contributed by atoms with Crippen molar-refractivity contribution in [3.05, 3.63) is 0 Å². The second-order valence-corrected chi connectivity index (χ2v) is 4.90. The lowest BCUT2D eigenvalue weighted by molar-refractivity contribution is -0.135. The predicted octanol–water partition coefficient (Wildman–Crippen LogP) is 0.604. The van der Waals surface area contributed by atoms with Crippen LogP contribution in [0.1, 0.15) is 33.6 Å². The Morgan fingerprint density at radius 2 is 2.25 bits per heavy atom. The van der Waals surface area contributed by atoms with Crippen LogP contribution >= 0.6 is 0 Å². The maximum absolute atomic E-state index is 12.3. The van der Waals surface area contributed by atoms with Gasteiger partial charge in [0.2, 0.25) is 5.91 Å². The van der Waals surface area contributed by atoms with E-state index < -0.39 is 0 Å². The Labute approximate surface area is 98.0 Å². The van der Waals surface area contributed by atoms with Crippen LogP contribution in [0.15, 0.2) is 0 Å². The minimum absolute atomic E-state index is 0.0268. The van der Waals surface area contributed by atoms with Crippen molar-refractivity contribution >= 4 is 5.91 Å². The molecule has 2 atom stereocenters. The van der Waals surface area contributed by atoms with E-state index in [0.717, 1.165) is 13.0 Å². The van der Waals surface area contributed by atoms with Crippen molar-refractivity contribution in [2.45, 2.75) is 45.7 Å². The van der Waals surface area contributed by atoms with Gasteiger partial charge in [0.15, 0.2) is 0 Å². The van der Waals surface area contributed by atoms with Gasteiger partial charge in [0.1, 0.15) is 0 Å². The van der Waals surface area contributed by atoms with E-state index in [9.17, 15) is 4.79 Å². The highest BCUT2D eigenvalue weighted by Crippen LogP contribution is 2.17. The molecule has 1 saturated heterocycles. The number of amides is 1. The van der Waals surface area contributed by atoms with Crippen molar-refractivity contribution in [1.82, 2.24) is 10.2 Å². The number of carbonyl (C=O) groups is 1. The van der Waals surface area contributed by atoms with Crippen molar-refractivity contribution in [3.8, 4) is 0 Å². The SMILES string of the molecule is CC1CCNC1C(=O)N(CCCO)C(C)C. The molecule has 0 aliphatic carbocycles. The van der Waals surface area contributed by atoms with Crippen LogP contribution in [-0.2, 0) is 4.79 Å². The Balaban J connectivity index is 2.59. The van der Waals surface area contributed by atoms with E-state index in [-0.39, 0.29) is 24.6 Å². The number of nitrogens with one attached hydrogen (secondary N) is 1. The van der Waals surface area contributed by atoms with Crippen LogP contribution in [0, 0.1) is 5.92 Å². The maximum atomic E-state index is 12.3. The van der Waals surface area contributed by atoms with Gasteiger partial charge in [-0.1, -0.05) is 6.92 Å². The zero-order chi connectivity index (χ0) is 12.1. The van der Waals surface area contributed by atoms with E-state index in [4.69, 9.17) is 5.11 Å². The summed E-state index contributed by atoms with van der Waals surface area (Å²) in [6, 6.07) is 0.176. The second kappa shape index (κ2) is 6.21. The van der Waals surface area contributed by atoms with E-state index in [1.165, 1.54) is 0 Å². The summed E-state index contributed by atoms with van der Waals surface area (Å²) < 4.78 is 0. The molecule has 4 heteroatoms. The molecule has 0 spiro atoms. The van der Waals surface area contributed by atoms with E-state index in [1.807, 2.05) is 18.7 Å². The molecular weight excluding hydrogens is 204 g/mol. The first-order valence-electron chi connectivity index (χ1n) is 6.22. The van der Waals surface area contributed by atoms with Gasteiger partial charge in [0, 0.05) is 19.2 Å². The molecule has 0 bridgehead atoms. The van der Waals surface area contributed by atoms with E-state index >= 15 is 0 Å². The number of carbonyl (C=O) groups excluding carboxylic acids is 1. The molecule has 0 aromatic rings. The lowest BCUT2D eigenvalue weighted by atomic mass is 10.0. The molecule has 2 unspecified atom stereocenters. The second-order valence-electron chi connectivity index (χ2n) is 4.90.